The second-order valence-corrected chi connectivity index (χ2v) is 5.19. The number of thioether (sulfide) groups is 1. The molecule has 5 nitrogen and oxygen atoms in total. The van der Waals surface area contributed by atoms with Crippen molar-refractivity contribution < 1.29 is 0 Å². The van der Waals surface area contributed by atoms with E-state index in [0.717, 1.165) is 22.9 Å². The molecule has 0 unspecified atom stereocenters. The molecule has 2 aromatic heterocycles. The maximum Gasteiger partial charge on any atom is 0.251 e. The predicted molar refractivity (Wildman–Crippen MR) is 71.8 cm³/mol. The number of imidazole rings is 1. The summed E-state index contributed by atoms with van der Waals surface area (Å²) in [5.41, 5.74) is 2.80. The fourth-order valence-corrected chi connectivity index (χ4v) is 2.61. The Morgan fingerprint density at radius 2 is 2.06 bits per heavy atom. The van der Waals surface area contributed by atoms with E-state index in [0.29, 0.717) is 10.9 Å². The monoisotopic (exact) mass is 264 g/mol. The van der Waals surface area contributed by atoms with Gasteiger partial charge in [-0.15, -0.1) is 0 Å². The molecule has 0 aliphatic carbocycles. The van der Waals surface area contributed by atoms with Crippen molar-refractivity contribution >= 4 is 11.8 Å². The van der Waals surface area contributed by atoms with E-state index in [1.54, 1.807) is 0 Å². The van der Waals surface area contributed by atoms with Crippen LogP contribution < -0.4 is 5.56 Å². The minimum absolute atomic E-state index is 0.112. The number of nitrogens with one attached hydrogen (secondary N) is 1. The number of hydrogen-bond donors (Lipinski definition) is 1. The molecule has 0 amide bonds. The molecule has 0 aliphatic rings. The van der Waals surface area contributed by atoms with E-state index in [4.69, 9.17) is 0 Å². The fraction of sp³-hybridized carbons (Fsp3) is 0.417. The molecule has 0 aromatic carbocycles. The van der Waals surface area contributed by atoms with Gasteiger partial charge in [-0.2, -0.15) is 0 Å². The Kier molecular flexibility index (Phi) is 3.56. The standard InChI is InChI=1S/C12H16N4OS/c1-7-5-11(17)15-12(13-7)18-6-10-8(2)16(4)9(3)14-10/h5H,6H2,1-4H3,(H,13,15,17). The van der Waals surface area contributed by atoms with Gasteiger partial charge in [0.2, 0.25) is 0 Å². The van der Waals surface area contributed by atoms with Gasteiger partial charge >= 0.3 is 0 Å². The minimum Gasteiger partial charge on any atom is -0.335 e. The summed E-state index contributed by atoms with van der Waals surface area (Å²) in [6, 6.07) is 1.49. The van der Waals surface area contributed by atoms with Gasteiger partial charge < -0.3 is 9.55 Å². The highest BCUT2D eigenvalue weighted by atomic mass is 32.2. The number of nitrogens with zero attached hydrogens (tertiary/aromatic N) is 3. The molecular formula is C12H16N4OS. The van der Waals surface area contributed by atoms with Gasteiger partial charge in [0.15, 0.2) is 5.16 Å². The predicted octanol–water partition coefficient (Wildman–Crippen LogP) is 1.72. The molecule has 0 aliphatic heterocycles. The van der Waals surface area contributed by atoms with Crippen LogP contribution in [0.5, 0.6) is 0 Å². The van der Waals surface area contributed by atoms with Crippen LogP contribution in [0.1, 0.15) is 22.9 Å². The molecule has 0 fully saturated rings. The van der Waals surface area contributed by atoms with Crippen LogP contribution in [-0.4, -0.2) is 19.5 Å². The van der Waals surface area contributed by atoms with Crippen molar-refractivity contribution in [2.75, 3.05) is 0 Å². The van der Waals surface area contributed by atoms with Crippen molar-refractivity contribution in [2.45, 2.75) is 31.7 Å². The topological polar surface area (TPSA) is 63.6 Å². The SMILES string of the molecule is Cc1cc(=O)[nH]c(SCc2nc(C)n(C)c2C)n1. The second-order valence-electron chi connectivity index (χ2n) is 4.23. The third-order valence-corrected chi connectivity index (χ3v) is 3.78. The third-order valence-electron chi connectivity index (χ3n) is 2.90. The number of aryl methyl sites for hydroxylation is 2. The summed E-state index contributed by atoms with van der Waals surface area (Å²) >= 11 is 1.50. The first-order chi connectivity index (χ1) is 8.47. The molecular weight excluding hydrogens is 248 g/mol. The second kappa shape index (κ2) is 4.97. The van der Waals surface area contributed by atoms with Gasteiger partial charge in [-0.25, -0.2) is 9.97 Å². The maximum absolute atomic E-state index is 11.3. The number of aromatic amines is 1. The van der Waals surface area contributed by atoms with Crippen molar-refractivity contribution in [1.82, 2.24) is 19.5 Å². The van der Waals surface area contributed by atoms with Gasteiger partial charge in [0.25, 0.3) is 5.56 Å². The summed E-state index contributed by atoms with van der Waals surface area (Å²) in [6.07, 6.45) is 0. The lowest BCUT2D eigenvalue weighted by atomic mass is 10.4. The molecule has 0 atom stereocenters. The molecule has 2 aromatic rings. The highest BCUT2D eigenvalue weighted by Crippen LogP contribution is 2.20. The van der Waals surface area contributed by atoms with Crippen LogP contribution in [0.15, 0.2) is 16.0 Å². The average molecular weight is 264 g/mol. The van der Waals surface area contributed by atoms with E-state index in [2.05, 4.69) is 19.5 Å². The van der Waals surface area contributed by atoms with Crippen LogP contribution in [0.3, 0.4) is 0 Å². The van der Waals surface area contributed by atoms with Gasteiger partial charge in [-0.3, -0.25) is 4.79 Å². The first kappa shape index (κ1) is 12.9. The van der Waals surface area contributed by atoms with Crippen molar-refractivity contribution in [3.05, 3.63) is 39.3 Å². The summed E-state index contributed by atoms with van der Waals surface area (Å²) in [6.45, 7) is 5.84. The smallest absolute Gasteiger partial charge is 0.251 e. The van der Waals surface area contributed by atoms with Crippen LogP contribution in [0.2, 0.25) is 0 Å². The highest BCUT2D eigenvalue weighted by molar-refractivity contribution is 7.98. The molecule has 1 N–H and O–H groups in total. The Morgan fingerprint density at radius 3 is 2.61 bits per heavy atom. The van der Waals surface area contributed by atoms with E-state index in [9.17, 15) is 4.79 Å². The summed E-state index contributed by atoms with van der Waals surface area (Å²) in [5.74, 6) is 1.70. The fourth-order valence-electron chi connectivity index (χ4n) is 1.68. The van der Waals surface area contributed by atoms with Crippen LogP contribution in [-0.2, 0) is 12.8 Å². The lowest BCUT2D eigenvalue weighted by Gasteiger charge is -2.01. The normalized spacial score (nSPS) is 10.9. The van der Waals surface area contributed by atoms with Crippen molar-refractivity contribution in [1.29, 1.82) is 0 Å². The van der Waals surface area contributed by atoms with E-state index in [1.165, 1.54) is 17.8 Å². The maximum atomic E-state index is 11.3. The highest BCUT2D eigenvalue weighted by Gasteiger charge is 2.09. The minimum atomic E-state index is -0.112. The zero-order valence-corrected chi connectivity index (χ0v) is 11.8. The quantitative estimate of drug-likeness (QED) is 0.677. The van der Waals surface area contributed by atoms with E-state index >= 15 is 0 Å². The van der Waals surface area contributed by atoms with Crippen LogP contribution in [0.25, 0.3) is 0 Å². The van der Waals surface area contributed by atoms with E-state index in [-0.39, 0.29) is 5.56 Å². The Balaban J connectivity index is 2.16. The molecule has 2 rings (SSSR count). The van der Waals surface area contributed by atoms with E-state index < -0.39 is 0 Å². The van der Waals surface area contributed by atoms with Gasteiger partial charge in [0.1, 0.15) is 5.82 Å². The zero-order chi connectivity index (χ0) is 13.3. The molecule has 18 heavy (non-hydrogen) atoms. The van der Waals surface area contributed by atoms with Crippen LogP contribution >= 0.6 is 11.8 Å². The Labute approximate surface area is 110 Å². The number of hydrogen-bond acceptors (Lipinski definition) is 4. The van der Waals surface area contributed by atoms with Crippen LogP contribution in [0, 0.1) is 20.8 Å². The molecule has 6 heteroatoms. The average Bonchev–Trinajstić information content (AvgIpc) is 2.53. The largest absolute Gasteiger partial charge is 0.335 e. The summed E-state index contributed by atoms with van der Waals surface area (Å²) in [5, 5.41) is 0.641. The van der Waals surface area contributed by atoms with Crippen molar-refractivity contribution in [2.24, 2.45) is 7.05 Å². The first-order valence-corrected chi connectivity index (χ1v) is 6.65. The van der Waals surface area contributed by atoms with Gasteiger partial charge in [-0.05, 0) is 20.8 Å². The summed E-state index contributed by atoms with van der Waals surface area (Å²) < 4.78 is 2.06. The number of rotatable bonds is 3. The number of H-pyrrole nitrogens is 1. The van der Waals surface area contributed by atoms with Crippen LogP contribution in [0.4, 0.5) is 0 Å². The van der Waals surface area contributed by atoms with Crippen molar-refractivity contribution in [3.8, 4) is 0 Å². The molecule has 0 saturated carbocycles. The zero-order valence-electron chi connectivity index (χ0n) is 10.9. The lowest BCUT2D eigenvalue weighted by Crippen LogP contribution is -2.08. The first-order valence-electron chi connectivity index (χ1n) is 5.67. The Bertz CT molecular complexity index is 629. The molecule has 0 saturated heterocycles. The van der Waals surface area contributed by atoms with Gasteiger partial charge in [0, 0.05) is 30.3 Å². The molecule has 0 radical (unpaired) electrons. The summed E-state index contributed by atoms with van der Waals surface area (Å²) in [4.78, 5) is 22.8. The molecule has 0 bridgehead atoms. The van der Waals surface area contributed by atoms with Gasteiger partial charge in [0.05, 0.1) is 5.69 Å². The Morgan fingerprint density at radius 1 is 1.33 bits per heavy atom. The molecule has 2 heterocycles. The molecule has 0 spiro atoms. The lowest BCUT2D eigenvalue weighted by molar-refractivity contribution is 0.826. The number of aromatic nitrogens is 4. The Hall–Kier alpha value is -1.56. The molecule has 96 valence electrons. The van der Waals surface area contributed by atoms with E-state index in [1.807, 2.05) is 27.8 Å². The van der Waals surface area contributed by atoms with Gasteiger partial charge in [-0.1, -0.05) is 11.8 Å². The third kappa shape index (κ3) is 2.64. The summed E-state index contributed by atoms with van der Waals surface area (Å²) in [7, 11) is 2.00. The van der Waals surface area contributed by atoms with Crippen molar-refractivity contribution in [3.63, 3.8) is 0 Å².